The molecule has 0 bridgehead atoms. The van der Waals surface area contributed by atoms with Crippen LogP contribution in [-0.2, 0) is 11.3 Å². The molecule has 1 N–H and O–H groups in total. The molecule has 20 heavy (non-hydrogen) atoms. The summed E-state index contributed by atoms with van der Waals surface area (Å²) in [5.74, 6) is 0.323. The average Bonchev–Trinajstić information content (AvgIpc) is 2.68. The number of hydrogen-bond acceptors (Lipinski definition) is 3. The van der Waals surface area contributed by atoms with Crippen LogP contribution in [0, 0.1) is 0 Å². The van der Waals surface area contributed by atoms with Crippen LogP contribution in [0.1, 0.15) is 25.3 Å². The Morgan fingerprint density at radius 3 is 2.45 bits per heavy atom. The monoisotopic (exact) mass is 400 g/mol. The number of amides is 1. The van der Waals surface area contributed by atoms with Gasteiger partial charge in [-0.2, -0.15) is 4.98 Å². The average molecular weight is 402 g/mol. The van der Waals surface area contributed by atoms with Crippen molar-refractivity contribution in [2.75, 3.05) is 5.32 Å². The molecule has 0 aliphatic heterocycles. The van der Waals surface area contributed by atoms with Crippen LogP contribution in [-0.4, -0.2) is 20.7 Å². The summed E-state index contributed by atoms with van der Waals surface area (Å²) in [4.78, 5) is 15.9. The lowest BCUT2D eigenvalue weighted by atomic mass is 10.0. The summed E-state index contributed by atoms with van der Waals surface area (Å²) in [5, 5.41) is 6.87. The number of nitrogens with zero attached hydrogens (tertiary/aromatic N) is 3. The molecule has 0 aliphatic rings. The van der Waals surface area contributed by atoms with Crippen LogP contribution >= 0.6 is 31.9 Å². The van der Waals surface area contributed by atoms with Crippen LogP contribution in [0.15, 0.2) is 33.7 Å². The minimum Gasteiger partial charge on any atom is -0.324 e. The first-order valence-corrected chi connectivity index (χ1v) is 7.70. The van der Waals surface area contributed by atoms with Gasteiger partial charge in [-0.05, 0) is 55.5 Å². The minimum atomic E-state index is -0.152. The van der Waals surface area contributed by atoms with E-state index in [0.29, 0.717) is 15.4 Å². The Balaban J connectivity index is 1.99. The smallest absolute Gasteiger partial charge is 0.246 e. The van der Waals surface area contributed by atoms with Gasteiger partial charge in [0.1, 0.15) is 6.54 Å². The Morgan fingerprint density at radius 2 is 1.95 bits per heavy atom. The zero-order chi connectivity index (χ0) is 14.7. The lowest BCUT2D eigenvalue weighted by molar-refractivity contribution is -0.116. The third-order valence-electron chi connectivity index (χ3n) is 2.76. The van der Waals surface area contributed by atoms with E-state index in [1.54, 1.807) is 0 Å². The first-order chi connectivity index (χ1) is 9.45. The van der Waals surface area contributed by atoms with Gasteiger partial charge in [0.15, 0.2) is 4.73 Å². The van der Waals surface area contributed by atoms with E-state index in [9.17, 15) is 4.79 Å². The molecular formula is C13H14Br2N4O. The molecule has 0 aliphatic carbocycles. The lowest BCUT2D eigenvalue weighted by Gasteiger charge is -2.08. The third-order valence-corrected chi connectivity index (χ3v) is 3.68. The molecule has 7 heteroatoms. The topological polar surface area (TPSA) is 59.8 Å². The maximum atomic E-state index is 11.9. The fourth-order valence-electron chi connectivity index (χ4n) is 1.69. The SMILES string of the molecule is CC(C)c1ccc(NC(=O)Cn2nc(Br)nc2Br)cc1. The Hall–Kier alpha value is -1.21. The molecule has 0 fully saturated rings. The Bertz CT molecular complexity index is 607. The number of benzene rings is 1. The van der Waals surface area contributed by atoms with E-state index >= 15 is 0 Å². The maximum absolute atomic E-state index is 11.9. The van der Waals surface area contributed by atoms with Crippen LogP contribution in [0.4, 0.5) is 5.69 Å². The third kappa shape index (κ3) is 3.89. The second-order valence-corrected chi connectivity index (χ2v) is 6.05. The Kier molecular flexibility index (Phi) is 4.93. The molecule has 0 spiro atoms. The number of carbonyl (C=O) groups excluding carboxylic acids is 1. The van der Waals surface area contributed by atoms with Crippen molar-refractivity contribution in [3.8, 4) is 0 Å². The Labute approximate surface area is 134 Å². The van der Waals surface area contributed by atoms with Crippen molar-refractivity contribution in [2.24, 2.45) is 0 Å². The molecule has 0 saturated heterocycles. The molecule has 0 saturated carbocycles. The maximum Gasteiger partial charge on any atom is 0.246 e. The number of anilines is 1. The summed E-state index contributed by atoms with van der Waals surface area (Å²) in [6, 6.07) is 7.84. The molecule has 0 atom stereocenters. The molecule has 0 unspecified atom stereocenters. The normalized spacial score (nSPS) is 10.8. The van der Waals surface area contributed by atoms with Crippen molar-refractivity contribution in [1.29, 1.82) is 0 Å². The first-order valence-electron chi connectivity index (χ1n) is 6.11. The predicted octanol–water partition coefficient (Wildman–Crippen LogP) is 3.57. The quantitative estimate of drug-likeness (QED) is 0.851. The van der Waals surface area contributed by atoms with Gasteiger partial charge < -0.3 is 5.32 Å². The second-order valence-electron chi connectivity index (χ2n) is 4.63. The van der Waals surface area contributed by atoms with Crippen LogP contribution in [0.2, 0.25) is 0 Å². The van der Waals surface area contributed by atoms with Gasteiger partial charge in [-0.25, -0.2) is 4.68 Å². The van der Waals surface area contributed by atoms with Crippen LogP contribution in [0.25, 0.3) is 0 Å². The molecule has 0 radical (unpaired) electrons. The van der Waals surface area contributed by atoms with Crippen molar-refractivity contribution < 1.29 is 4.79 Å². The summed E-state index contributed by atoms with van der Waals surface area (Å²) in [5.41, 5.74) is 2.01. The summed E-state index contributed by atoms with van der Waals surface area (Å²) >= 11 is 6.39. The van der Waals surface area contributed by atoms with Gasteiger partial charge in [0.05, 0.1) is 0 Å². The van der Waals surface area contributed by atoms with Gasteiger partial charge in [-0.15, -0.1) is 5.10 Å². The standard InChI is InChI=1S/C13H14Br2N4O/c1-8(2)9-3-5-10(6-4-9)16-11(20)7-19-13(15)17-12(14)18-19/h3-6,8H,7H2,1-2H3,(H,16,20). The van der Waals surface area contributed by atoms with E-state index < -0.39 is 0 Å². The van der Waals surface area contributed by atoms with E-state index in [1.165, 1.54) is 10.2 Å². The van der Waals surface area contributed by atoms with E-state index in [-0.39, 0.29) is 12.5 Å². The summed E-state index contributed by atoms with van der Waals surface area (Å²) < 4.78 is 2.43. The molecule has 2 rings (SSSR count). The van der Waals surface area contributed by atoms with Gasteiger partial charge in [-0.1, -0.05) is 26.0 Å². The highest BCUT2D eigenvalue weighted by molar-refractivity contribution is 9.11. The number of rotatable bonds is 4. The lowest BCUT2D eigenvalue weighted by Crippen LogP contribution is -2.19. The molecule has 2 aromatic rings. The van der Waals surface area contributed by atoms with Crippen LogP contribution in [0.5, 0.6) is 0 Å². The fourth-order valence-corrected chi connectivity index (χ4v) is 2.66. The highest BCUT2D eigenvalue weighted by atomic mass is 79.9. The number of hydrogen-bond donors (Lipinski definition) is 1. The fraction of sp³-hybridized carbons (Fsp3) is 0.308. The van der Waals surface area contributed by atoms with Crippen molar-refractivity contribution in [3.63, 3.8) is 0 Å². The van der Waals surface area contributed by atoms with Gasteiger partial charge in [0, 0.05) is 5.69 Å². The highest BCUT2D eigenvalue weighted by Gasteiger charge is 2.10. The molecule has 5 nitrogen and oxygen atoms in total. The number of carbonyl (C=O) groups is 1. The largest absolute Gasteiger partial charge is 0.324 e. The summed E-state index contributed by atoms with van der Waals surface area (Å²) in [6.45, 7) is 4.37. The number of nitrogens with one attached hydrogen (secondary N) is 1. The molecule has 106 valence electrons. The zero-order valence-corrected chi connectivity index (χ0v) is 14.3. The number of aromatic nitrogens is 3. The molecule has 1 aromatic carbocycles. The van der Waals surface area contributed by atoms with E-state index in [0.717, 1.165) is 5.69 Å². The van der Waals surface area contributed by atoms with Crippen LogP contribution in [0.3, 0.4) is 0 Å². The summed E-state index contributed by atoms with van der Waals surface area (Å²) in [7, 11) is 0. The van der Waals surface area contributed by atoms with Crippen molar-refractivity contribution in [1.82, 2.24) is 14.8 Å². The van der Waals surface area contributed by atoms with Gasteiger partial charge in [-0.3, -0.25) is 4.79 Å². The zero-order valence-electron chi connectivity index (χ0n) is 11.1. The molecule has 1 aromatic heterocycles. The molecule has 1 amide bonds. The summed E-state index contributed by atoms with van der Waals surface area (Å²) in [6.07, 6.45) is 0. The van der Waals surface area contributed by atoms with E-state index in [1.807, 2.05) is 24.3 Å². The van der Waals surface area contributed by atoms with Gasteiger partial charge in [0.2, 0.25) is 10.6 Å². The van der Waals surface area contributed by atoms with Crippen LogP contribution < -0.4 is 5.32 Å². The highest BCUT2D eigenvalue weighted by Crippen LogP contribution is 2.17. The Morgan fingerprint density at radius 1 is 1.30 bits per heavy atom. The van der Waals surface area contributed by atoms with Crippen molar-refractivity contribution in [2.45, 2.75) is 26.3 Å². The van der Waals surface area contributed by atoms with Gasteiger partial charge >= 0.3 is 0 Å². The molecule has 1 heterocycles. The second kappa shape index (κ2) is 6.49. The van der Waals surface area contributed by atoms with Gasteiger partial charge in [0.25, 0.3) is 0 Å². The van der Waals surface area contributed by atoms with Crippen molar-refractivity contribution in [3.05, 3.63) is 39.3 Å². The minimum absolute atomic E-state index is 0.102. The van der Waals surface area contributed by atoms with E-state index in [2.05, 4.69) is 61.1 Å². The van der Waals surface area contributed by atoms with Crippen molar-refractivity contribution >= 4 is 43.5 Å². The number of halogens is 2. The first kappa shape index (κ1) is 15.2. The predicted molar refractivity (Wildman–Crippen MR) is 84.6 cm³/mol. The molecular weight excluding hydrogens is 388 g/mol. The van der Waals surface area contributed by atoms with E-state index in [4.69, 9.17) is 0 Å².